The number of nitrogens with two attached hydrogens (primary N) is 1. The van der Waals surface area contributed by atoms with Crippen molar-refractivity contribution in [3.63, 3.8) is 0 Å². The molecule has 1 aromatic rings. The molecule has 0 aromatic heterocycles. The number of carbonyl (C=O) groups is 1. The third-order valence-corrected chi connectivity index (χ3v) is 2.46. The zero-order chi connectivity index (χ0) is 15.1. The van der Waals surface area contributed by atoms with Crippen LogP contribution in [0.2, 0.25) is 0 Å². The van der Waals surface area contributed by atoms with Crippen molar-refractivity contribution in [2.75, 3.05) is 13.7 Å². The highest BCUT2D eigenvalue weighted by Gasteiger charge is 2.08. The van der Waals surface area contributed by atoms with Crippen molar-refractivity contribution in [1.82, 2.24) is 0 Å². The number of nitriles is 1. The van der Waals surface area contributed by atoms with E-state index in [1.807, 2.05) is 6.07 Å². The lowest BCUT2D eigenvalue weighted by molar-refractivity contribution is -0.139. The van der Waals surface area contributed by atoms with Crippen LogP contribution in [0.15, 0.2) is 23.8 Å². The summed E-state index contributed by atoms with van der Waals surface area (Å²) in [6, 6.07) is 6.66. The number of ether oxygens (including phenoxy) is 2. The second-order valence-corrected chi connectivity index (χ2v) is 4.07. The molecule has 1 rings (SSSR count). The van der Waals surface area contributed by atoms with E-state index in [-0.39, 0.29) is 10.6 Å². The largest absolute Gasteiger partial charge is 0.493 e. The van der Waals surface area contributed by atoms with E-state index in [2.05, 4.69) is 0 Å². The lowest BCUT2D eigenvalue weighted by Crippen LogP contribution is -2.10. The molecular weight excluding hydrogens is 280 g/mol. The van der Waals surface area contributed by atoms with Crippen LogP contribution in [0.3, 0.4) is 0 Å². The monoisotopic (exact) mass is 292 g/mol. The minimum Gasteiger partial charge on any atom is -0.493 e. The van der Waals surface area contributed by atoms with Crippen LogP contribution >= 0.6 is 12.2 Å². The molecule has 20 heavy (non-hydrogen) atoms. The molecule has 0 bridgehead atoms. The summed E-state index contributed by atoms with van der Waals surface area (Å²) in [7, 11) is 1.43. The van der Waals surface area contributed by atoms with Gasteiger partial charge >= 0.3 is 5.97 Å². The Balaban J connectivity index is 3.07. The molecule has 0 atom stereocenters. The summed E-state index contributed by atoms with van der Waals surface area (Å²) in [6.07, 6.45) is 1.51. The molecule has 0 saturated carbocycles. The number of hydrogen-bond donors (Lipinski definition) is 2. The van der Waals surface area contributed by atoms with Gasteiger partial charge in [0.05, 0.1) is 12.7 Å². The number of hydrogen-bond acceptors (Lipinski definition) is 5. The zero-order valence-electron chi connectivity index (χ0n) is 10.6. The highest BCUT2D eigenvalue weighted by molar-refractivity contribution is 7.80. The number of aliphatic carboxylic acids is 1. The third-order valence-electron chi connectivity index (χ3n) is 2.24. The summed E-state index contributed by atoms with van der Waals surface area (Å²) in [4.78, 5) is 10.5. The predicted molar refractivity (Wildman–Crippen MR) is 76.5 cm³/mol. The number of carboxylic acids is 1. The number of benzene rings is 1. The van der Waals surface area contributed by atoms with Gasteiger partial charge < -0.3 is 20.3 Å². The Morgan fingerprint density at radius 1 is 1.55 bits per heavy atom. The van der Waals surface area contributed by atoms with Crippen LogP contribution in [0.1, 0.15) is 5.56 Å². The van der Waals surface area contributed by atoms with E-state index in [0.29, 0.717) is 17.1 Å². The predicted octanol–water partition coefficient (Wildman–Crippen LogP) is 1.35. The fourth-order valence-electron chi connectivity index (χ4n) is 1.36. The Bertz CT molecular complexity index is 605. The minimum atomic E-state index is -1.09. The van der Waals surface area contributed by atoms with Crippen molar-refractivity contribution >= 4 is 29.3 Å². The van der Waals surface area contributed by atoms with E-state index < -0.39 is 12.6 Å². The van der Waals surface area contributed by atoms with Crippen molar-refractivity contribution in [2.24, 2.45) is 5.73 Å². The lowest BCUT2D eigenvalue weighted by atomic mass is 10.1. The first kappa shape index (κ1) is 15.5. The second-order valence-electron chi connectivity index (χ2n) is 3.63. The van der Waals surface area contributed by atoms with E-state index in [0.717, 1.165) is 0 Å². The van der Waals surface area contributed by atoms with Crippen LogP contribution < -0.4 is 15.2 Å². The quantitative estimate of drug-likeness (QED) is 0.463. The van der Waals surface area contributed by atoms with Crippen LogP contribution in [0.4, 0.5) is 0 Å². The minimum absolute atomic E-state index is 0.00216. The summed E-state index contributed by atoms with van der Waals surface area (Å²) in [5.74, 6) is -0.447. The Kier molecular flexibility index (Phi) is 5.50. The van der Waals surface area contributed by atoms with Crippen molar-refractivity contribution in [1.29, 1.82) is 5.26 Å². The van der Waals surface area contributed by atoms with Gasteiger partial charge in [-0.1, -0.05) is 18.3 Å². The van der Waals surface area contributed by atoms with Crippen LogP contribution in [-0.2, 0) is 4.79 Å². The summed E-state index contributed by atoms with van der Waals surface area (Å²) >= 11 is 4.74. The van der Waals surface area contributed by atoms with Gasteiger partial charge in [0.1, 0.15) is 11.1 Å². The SMILES string of the molecule is COc1cc(/C=C(\C#N)C(N)=S)ccc1OCC(=O)O. The average molecular weight is 292 g/mol. The van der Waals surface area contributed by atoms with Gasteiger partial charge in [0.15, 0.2) is 18.1 Å². The number of thiocarbonyl (C=S) groups is 1. The maximum Gasteiger partial charge on any atom is 0.341 e. The second kappa shape index (κ2) is 7.11. The molecule has 7 heteroatoms. The van der Waals surface area contributed by atoms with Crippen molar-refractivity contribution in [3.05, 3.63) is 29.3 Å². The topological polar surface area (TPSA) is 106 Å². The van der Waals surface area contributed by atoms with Crippen LogP contribution in [0, 0.1) is 11.3 Å². The summed E-state index contributed by atoms with van der Waals surface area (Å²) in [5, 5.41) is 17.4. The van der Waals surface area contributed by atoms with Gasteiger partial charge in [-0.15, -0.1) is 0 Å². The molecule has 1 aromatic carbocycles. The molecule has 0 amide bonds. The van der Waals surface area contributed by atoms with Crippen molar-refractivity contribution in [2.45, 2.75) is 0 Å². The van der Waals surface area contributed by atoms with E-state index in [9.17, 15) is 4.79 Å². The standard InChI is InChI=1S/C13H12N2O4S/c1-18-11-5-8(4-9(6-14)13(15)20)2-3-10(11)19-7-12(16)17/h2-5H,7H2,1H3,(H2,15,20)(H,16,17)/b9-4+. The first-order chi connectivity index (χ1) is 9.47. The fourth-order valence-corrected chi connectivity index (χ4v) is 1.46. The van der Waals surface area contributed by atoms with Crippen molar-refractivity contribution in [3.8, 4) is 17.6 Å². The fraction of sp³-hybridized carbons (Fsp3) is 0.154. The lowest BCUT2D eigenvalue weighted by Gasteiger charge is -2.09. The van der Waals surface area contributed by atoms with Gasteiger partial charge in [0.25, 0.3) is 0 Å². The maximum absolute atomic E-state index is 10.5. The molecule has 0 fully saturated rings. The first-order valence-corrected chi connectivity index (χ1v) is 5.83. The normalized spacial score (nSPS) is 10.5. The highest BCUT2D eigenvalue weighted by atomic mass is 32.1. The van der Waals surface area contributed by atoms with Gasteiger partial charge in [-0.05, 0) is 23.8 Å². The number of methoxy groups -OCH3 is 1. The molecule has 0 radical (unpaired) electrons. The molecule has 6 nitrogen and oxygen atoms in total. The smallest absolute Gasteiger partial charge is 0.341 e. The highest BCUT2D eigenvalue weighted by Crippen LogP contribution is 2.28. The van der Waals surface area contributed by atoms with E-state index in [4.69, 9.17) is 37.8 Å². The molecule has 3 N–H and O–H groups in total. The van der Waals surface area contributed by atoms with Crippen LogP contribution in [0.5, 0.6) is 11.5 Å². The molecule has 0 heterocycles. The Labute approximate surface area is 121 Å². The van der Waals surface area contributed by atoms with Gasteiger partial charge in [-0.2, -0.15) is 5.26 Å². The van der Waals surface area contributed by atoms with Crippen LogP contribution in [-0.4, -0.2) is 29.8 Å². The molecule has 0 aliphatic rings. The van der Waals surface area contributed by atoms with Gasteiger partial charge in [0.2, 0.25) is 0 Å². The van der Waals surface area contributed by atoms with E-state index >= 15 is 0 Å². The van der Waals surface area contributed by atoms with Gasteiger partial charge in [0, 0.05) is 0 Å². The number of carboxylic acid groups (broad SMARTS) is 1. The maximum atomic E-state index is 10.5. The third kappa shape index (κ3) is 4.26. The first-order valence-electron chi connectivity index (χ1n) is 5.42. The molecule has 104 valence electrons. The number of nitrogens with zero attached hydrogens (tertiary/aromatic N) is 1. The average Bonchev–Trinajstić information content (AvgIpc) is 2.42. The molecule has 0 aliphatic heterocycles. The summed E-state index contributed by atoms with van der Waals surface area (Å²) in [6.45, 7) is -0.470. The Morgan fingerprint density at radius 2 is 2.25 bits per heavy atom. The van der Waals surface area contributed by atoms with Crippen molar-refractivity contribution < 1.29 is 19.4 Å². The van der Waals surface area contributed by atoms with Gasteiger partial charge in [-0.3, -0.25) is 0 Å². The molecule has 0 unspecified atom stereocenters. The molecule has 0 aliphatic carbocycles. The summed E-state index contributed by atoms with van der Waals surface area (Å²) in [5.41, 5.74) is 6.20. The summed E-state index contributed by atoms with van der Waals surface area (Å²) < 4.78 is 10.2. The van der Waals surface area contributed by atoms with Crippen LogP contribution in [0.25, 0.3) is 6.08 Å². The Hall–Kier alpha value is -2.59. The van der Waals surface area contributed by atoms with E-state index in [1.54, 1.807) is 18.2 Å². The van der Waals surface area contributed by atoms with Gasteiger partial charge in [-0.25, -0.2) is 4.79 Å². The molecule has 0 spiro atoms. The molecule has 0 saturated heterocycles. The number of rotatable bonds is 6. The zero-order valence-corrected chi connectivity index (χ0v) is 11.4. The molecular formula is C13H12N2O4S. The van der Waals surface area contributed by atoms with E-state index in [1.165, 1.54) is 13.2 Å². The Morgan fingerprint density at radius 3 is 2.75 bits per heavy atom.